The number of hydrogen-bond acceptors (Lipinski definition) is 2. The maximum atomic E-state index is 7.76. The van der Waals surface area contributed by atoms with Gasteiger partial charge >= 0.3 is 0 Å². The standard InChI is InChI=1S/C9H13BrN2/c1-3-12(4-2)9-7-8(10)5-6-11-9/h5-7H,3-4H2,1-2H3/i1D3,2D3,3D2,4D2. The molecule has 0 unspecified atom stereocenters. The number of halogens is 1. The zero-order chi connectivity index (χ0) is 17.6. The van der Waals surface area contributed by atoms with Crippen molar-refractivity contribution in [3.8, 4) is 0 Å². The Bertz CT molecular complexity index is 512. The van der Waals surface area contributed by atoms with Crippen molar-refractivity contribution in [2.24, 2.45) is 0 Å². The number of pyridine rings is 1. The minimum Gasteiger partial charge on any atom is -0.357 e. The number of aromatic nitrogens is 1. The van der Waals surface area contributed by atoms with Crippen LogP contribution in [0.15, 0.2) is 22.8 Å². The van der Waals surface area contributed by atoms with E-state index >= 15 is 0 Å². The van der Waals surface area contributed by atoms with Gasteiger partial charge < -0.3 is 4.90 Å². The maximum absolute atomic E-state index is 7.76. The Morgan fingerprint density at radius 1 is 1.67 bits per heavy atom. The summed E-state index contributed by atoms with van der Waals surface area (Å²) in [6.07, 6.45) is 1.18. The molecule has 1 aromatic rings. The average molecular weight is 239 g/mol. The summed E-state index contributed by atoms with van der Waals surface area (Å²) in [7, 11) is 0. The number of hydrogen-bond donors (Lipinski definition) is 0. The fourth-order valence-corrected chi connectivity index (χ4v) is 0.981. The number of anilines is 1. The lowest BCUT2D eigenvalue weighted by Crippen LogP contribution is -2.22. The van der Waals surface area contributed by atoms with Gasteiger partial charge in [0.1, 0.15) is 5.82 Å². The predicted molar refractivity (Wildman–Crippen MR) is 55.5 cm³/mol. The van der Waals surface area contributed by atoms with E-state index in [1.807, 2.05) is 0 Å². The minimum atomic E-state index is -3.30. The summed E-state index contributed by atoms with van der Waals surface area (Å²) in [5, 5.41) is 0. The lowest BCUT2D eigenvalue weighted by molar-refractivity contribution is 0.845. The molecule has 66 valence electrons. The summed E-state index contributed by atoms with van der Waals surface area (Å²) < 4.78 is 75.1. The van der Waals surface area contributed by atoms with Crippen LogP contribution < -0.4 is 4.90 Å². The molecule has 0 N–H and O–H groups in total. The van der Waals surface area contributed by atoms with Gasteiger partial charge in [-0.3, -0.25) is 0 Å². The van der Waals surface area contributed by atoms with Crippen LogP contribution in [0.2, 0.25) is 0 Å². The molecule has 0 saturated heterocycles. The van der Waals surface area contributed by atoms with Gasteiger partial charge in [-0.15, -0.1) is 0 Å². The lowest BCUT2D eigenvalue weighted by atomic mass is 10.4. The summed E-state index contributed by atoms with van der Waals surface area (Å²) in [4.78, 5) is 3.76. The Balaban J connectivity index is 3.61. The first-order chi connectivity index (χ1) is 9.62. The van der Waals surface area contributed by atoms with Crippen molar-refractivity contribution in [1.29, 1.82) is 0 Å². The highest BCUT2D eigenvalue weighted by atomic mass is 79.9. The van der Waals surface area contributed by atoms with Crippen LogP contribution in [0, 0.1) is 0 Å². The molecule has 0 aliphatic heterocycles. The molecule has 3 heteroatoms. The van der Waals surface area contributed by atoms with Crippen LogP contribution in [0.25, 0.3) is 0 Å². The van der Waals surface area contributed by atoms with E-state index < -0.39 is 32.5 Å². The van der Waals surface area contributed by atoms with E-state index in [1.165, 1.54) is 12.3 Å². The average Bonchev–Trinajstić information content (AvgIpc) is 2.24. The third-order valence-corrected chi connectivity index (χ3v) is 1.65. The van der Waals surface area contributed by atoms with Gasteiger partial charge in [-0.25, -0.2) is 4.98 Å². The van der Waals surface area contributed by atoms with Crippen LogP contribution in [-0.4, -0.2) is 18.0 Å². The van der Waals surface area contributed by atoms with Gasteiger partial charge in [0.25, 0.3) is 0 Å². The van der Waals surface area contributed by atoms with E-state index in [2.05, 4.69) is 20.9 Å². The van der Waals surface area contributed by atoms with Crippen molar-refractivity contribution in [2.75, 3.05) is 17.9 Å². The highest BCUT2D eigenvalue weighted by Gasteiger charge is 2.01. The van der Waals surface area contributed by atoms with E-state index in [0.717, 1.165) is 6.07 Å². The molecule has 2 nitrogen and oxygen atoms in total. The highest BCUT2D eigenvalue weighted by molar-refractivity contribution is 9.10. The molecule has 0 amide bonds. The molecule has 12 heavy (non-hydrogen) atoms. The van der Waals surface area contributed by atoms with Crippen molar-refractivity contribution >= 4 is 21.7 Å². The SMILES string of the molecule is [2H]C([2H])([2H])C([2H])([2H])N(c1cc(Br)ccn1)C([2H])([2H])C([2H])([2H])[2H]. The molecule has 1 heterocycles. The van der Waals surface area contributed by atoms with E-state index in [1.54, 1.807) is 0 Å². The fraction of sp³-hybridized carbons (Fsp3) is 0.444. The largest absolute Gasteiger partial charge is 0.357 e. The Kier molecular flexibility index (Phi) is 1.00. The molecular formula is C9H13BrN2. The van der Waals surface area contributed by atoms with Crippen LogP contribution in [0.3, 0.4) is 0 Å². The first-order valence-corrected chi connectivity index (χ1v) is 3.83. The van der Waals surface area contributed by atoms with Crippen LogP contribution in [0.1, 0.15) is 27.4 Å². The summed E-state index contributed by atoms with van der Waals surface area (Å²) in [5.74, 6) is -0.448. The van der Waals surface area contributed by atoms with Crippen LogP contribution >= 0.6 is 15.9 Å². The highest BCUT2D eigenvalue weighted by Crippen LogP contribution is 2.16. The van der Waals surface area contributed by atoms with Gasteiger partial charge in [0, 0.05) is 37.4 Å². The summed E-state index contributed by atoms with van der Waals surface area (Å²) in [6, 6.07) is 2.60. The minimum absolute atomic E-state index is 0.0464. The van der Waals surface area contributed by atoms with Gasteiger partial charge in [0.2, 0.25) is 0 Å². The molecule has 0 spiro atoms. The molecule has 0 saturated carbocycles. The van der Waals surface area contributed by atoms with Gasteiger partial charge in [-0.05, 0) is 25.8 Å². The van der Waals surface area contributed by atoms with E-state index in [4.69, 9.17) is 13.7 Å². The van der Waals surface area contributed by atoms with Crippen LogP contribution in [0.5, 0.6) is 0 Å². The van der Waals surface area contributed by atoms with E-state index in [-0.39, 0.29) is 4.90 Å². The van der Waals surface area contributed by atoms with Gasteiger partial charge in [0.05, 0.1) is 0 Å². The molecule has 0 atom stereocenters. The van der Waals surface area contributed by atoms with Crippen molar-refractivity contribution in [1.82, 2.24) is 4.98 Å². The smallest absolute Gasteiger partial charge is 0.129 e. The van der Waals surface area contributed by atoms with Crippen LogP contribution in [-0.2, 0) is 0 Å². The molecule has 0 aliphatic carbocycles. The molecule has 1 rings (SSSR count). The van der Waals surface area contributed by atoms with E-state index in [9.17, 15) is 0 Å². The third-order valence-electron chi connectivity index (χ3n) is 1.16. The normalized spacial score (nSPS) is 26.8. The Labute approximate surface area is 95.8 Å². The summed E-state index contributed by atoms with van der Waals surface area (Å²) in [5.41, 5.74) is 0. The Morgan fingerprint density at radius 3 is 3.00 bits per heavy atom. The molecular weight excluding hydrogens is 216 g/mol. The predicted octanol–water partition coefficient (Wildman–Crippen LogP) is 2.69. The maximum Gasteiger partial charge on any atom is 0.129 e. The van der Waals surface area contributed by atoms with E-state index in [0.29, 0.717) is 4.47 Å². The number of nitrogens with zero attached hydrogens (tertiary/aromatic N) is 2. The molecule has 0 radical (unpaired) electrons. The van der Waals surface area contributed by atoms with Gasteiger partial charge in [0.15, 0.2) is 0 Å². The second-order valence-electron chi connectivity index (χ2n) is 1.89. The molecule has 0 aromatic carbocycles. The van der Waals surface area contributed by atoms with Crippen molar-refractivity contribution < 1.29 is 13.7 Å². The lowest BCUT2D eigenvalue weighted by Gasteiger charge is -2.19. The molecule has 0 aliphatic rings. The molecule has 0 bridgehead atoms. The molecule has 0 fully saturated rings. The van der Waals surface area contributed by atoms with Crippen molar-refractivity contribution in [2.45, 2.75) is 13.7 Å². The second kappa shape index (κ2) is 4.45. The zero-order valence-corrected chi connectivity index (χ0v) is 7.59. The quantitative estimate of drug-likeness (QED) is 0.806. The van der Waals surface area contributed by atoms with Gasteiger partial charge in [-0.1, -0.05) is 15.9 Å². The first-order valence-electron chi connectivity index (χ1n) is 8.04. The number of rotatable bonds is 3. The Hall–Kier alpha value is -0.570. The van der Waals surface area contributed by atoms with Crippen molar-refractivity contribution in [3.05, 3.63) is 22.8 Å². The van der Waals surface area contributed by atoms with Gasteiger partial charge in [-0.2, -0.15) is 0 Å². The fourth-order valence-electron chi connectivity index (χ4n) is 0.658. The monoisotopic (exact) mass is 238 g/mol. The third kappa shape index (κ3) is 2.21. The topological polar surface area (TPSA) is 16.1 Å². The second-order valence-corrected chi connectivity index (χ2v) is 2.81. The first kappa shape index (κ1) is 2.71. The molecule has 1 aromatic heterocycles. The zero-order valence-electron chi connectivity index (χ0n) is 16.0. The Morgan fingerprint density at radius 2 is 2.42 bits per heavy atom. The summed E-state index contributed by atoms with van der Waals surface area (Å²) >= 11 is 3.07. The van der Waals surface area contributed by atoms with Crippen LogP contribution in [0.4, 0.5) is 5.82 Å². The van der Waals surface area contributed by atoms with Crippen molar-refractivity contribution in [3.63, 3.8) is 0 Å². The summed E-state index contributed by atoms with van der Waals surface area (Å²) in [6.45, 7) is -13.2.